The minimum Gasteiger partial charge on any atom is -0.390 e. The van der Waals surface area contributed by atoms with Crippen LogP contribution in [0.25, 0.3) is 0 Å². The zero-order valence-electron chi connectivity index (χ0n) is 9.79. The molecule has 90 valence electrons. The number of hydrogen-bond acceptors (Lipinski definition) is 4. The lowest BCUT2D eigenvalue weighted by molar-refractivity contribution is -0.108. The van der Waals surface area contributed by atoms with E-state index in [0.717, 1.165) is 24.4 Å². The van der Waals surface area contributed by atoms with Gasteiger partial charge in [0.25, 0.3) is 0 Å². The Morgan fingerprint density at radius 1 is 1.69 bits per heavy atom. The molecule has 5 N–H and O–H groups in total. The van der Waals surface area contributed by atoms with E-state index in [0.29, 0.717) is 18.2 Å². The summed E-state index contributed by atoms with van der Waals surface area (Å²) in [6.07, 6.45) is 5.66. The molecule has 0 bridgehead atoms. The minimum atomic E-state index is 0.440. The summed E-state index contributed by atoms with van der Waals surface area (Å²) in [4.78, 5) is 10.4. The van der Waals surface area contributed by atoms with Gasteiger partial charge in [-0.15, -0.1) is 0 Å². The summed E-state index contributed by atoms with van der Waals surface area (Å²) in [6.45, 7) is 2.93. The van der Waals surface area contributed by atoms with E-state index in [2.05, 4.69) is 29.1 Å². The lowest BCUT2D eigenvalue weighted by Crippen LogP contribution is -2.32. The quantitative estimate of drug-likeness (QED) is 0.287. The lowest BCUT2D eigenvalue weighted by atomic mass is 9.86. The molecule has 0 fully saturated rings. The number of carbonyl (C=O) groups is 1. The SMILES string of the molecule is CNC1=C(NC=O)C=CC(C(C)CNN)C1. The summed E-state index contributed by atoms with van der Waals surface area (Å²) in [7, 11) is 1.86. The Kier molecular flexibility index (Phi) is 5.01. The van der Waals surface area contributed by atoms with Gasteiger partial charge in [0.05, 0.1) is 5.70 Å². The Balaban J connectivity index is 2.68. The second-order valence-corrected chi connectivity index (χ2v) is 4.02. The highest BCUT2D eigenvalue weighted by Gasteiger charge is 2.20. The summed E-state index contributed by atoms with van der Waals surface area (Å²) in [5.74, 6) is 6.22. The van der Waals surface area contributed by atoms with Crippen LogP contribution < -0.4 is 21.9 Å². The number of nitrogens with one attached hydrogen (secondary N) is 3. The predicted molar refractivity (Wildman–Crippen MR) is 63.9 cm³/mol. The fraction of sp³-hybridized carbons (Fsp3) is 0.545. The molecule has 1 aliphatic carbocycles. The van der Waals surface area contributed by atoms with Crippen molar-refractivity contribution in [3.63, 3.8) is 0 Å². The molecule has 1 rings (SSSR count). The highest BCUT2D eigenvalue weighted by Crippen LogP contribution is 2.26. The van der Waals surface area contributed by atoms with Crippen LogP contribution in [0.1, 0.15) is 13.3 Å². The predicted octanol–water partition coefficient (Wildman–Crippen LogP) is -0.161. The van der Waals surface area contributed by atoms with E-state index in [1.165, 1.54) is 0 Å². The Morgan fingerprint density at radius 2 is 2.44 bits per heavy atom. The van der Waals surface area contributed by atoms with Crippen molar-refractivity contribution in [1.82, 2.24) is 16.1 Å². The maximum atomic E-state index is 10.4. The van der Waals surface area contributed by atoms with Gasteiger partial charge in [0.2, 0.25) is 6.41 Å². The third kappa shape index (κ3) is 3.08. The number of carbonyl (C=O) groups excluding carboxylic acids is 1. The van der Waals surface area contributed by atoms with Crippen LogP contribution in [0, 0.1) is 11.8 Å². The molecule has 0 saturated heterocycles. The molecule has 0 saturated carbocycles. The molecule has 0 aliphatic heterocycles. The summed E-state index contributed by atoms with van der Waals surface area (Å²) in [6, 6.07) is 0. The van der Waals surface area contributed by atoms with Crippen molar-refractivity contribution >= 4 is 6.41 Å². The van der Waals surface area contributed by atoms with Gasteiger partial charge in [0, 0.05) is 19.3 Å². The van der Waals surface area contributed by atoms with Crippen molar-refractivity contribution < 1.29 is 4.79 Å². The molecule has 0 heterocycles. The van der Waals surface area contributed by atoms with E-state index in [4.69, 9.17) is 5.84 Å². The normalized spacial score (nSPS) is 21.8. The van der Waals surface area contributed by atoms with Gasteiger partial charge in [-0.1, -0.05) is 13.0 Å². The molecule has 16 heavy (non-hydrogen) atoms. The topological polar surface area (TPSA) is 79.2 Å². The van der Waals surface area contributed by atoms with Crippen LogP contribution in [0.5, 0.6) is 0 Å². The Morgan fingerprint density at radius 3 is 3.00 bits per heavy atom. The van der Waals surface area contributed by atoms with Gasteiger partial charge in [0.15, 0.2) is 0 Å². The van der Waals surface area contributed by atoms with Crippen LogP contribution in [-0.2, 0) is 4.79 Å². The lowest BCUT2D eigenvalue weighted by Gasteiger charge is -2.26. The first kappa shape index (κ1) is 12.7. The molecule has 5 heteroatoms. The van der Waals surface area contributed by atoms with Crippen molar-refractivity contribution in [2.75, 3.05) is 13.6 Å². The first-order valence-corrected chi connectivity index (χ1v) is 5.45. The molecule has 0 radical (unpaired) electrons. The zero-order chi connectivity index (χ0) is 12.0. The highest BCUT2D eigenvalue weighted by molar-refractivity contribution is 5.53. The minimum absolute atomic E-state index is 0.440. The second-order valence-electron chi connectivity index (χ2n) is 4.02. The third-order valence-corrected chi connectivity index (χ3v) is 2.96. The fourth-order valence-electron chi connectivity index (χ4n) is 1.90. The van der Waals surface area contributed by atoms with Crippen LogP contribution in [0.2, 0.25) is 0 Å². The molecule has 1 aliphatic rings. The van der Waals surface area contributed by atoms with Gasteiger partial charge in [-0.25, -0.2) is 0 Å². The number of nitrogens with two attached hydrogens (primary N) is 1. The van der Waals surface area contributed by atoms with Gasteiger partial charge in [-0.3, -0.25) is 16.1 Å². The third-order valence-electron chi connectivity index (χ3n) is 2.96. The first-order chi connectivity index (χ1) is 7.72. The molecular formula is C11H20N4O. The molecular weight excluding hydrogens is 204 g/mol. The first-order valence-electron chi connectivity index (χ1n) is 5.45. The highest BCUT2D eigenvalue weighted by atomic mass is 16.1. The van der Waals surface area contributed by atoms with Crippen molar-refractivity contribution in [3.8, 4) is 0 Å². The number of amides is 1. The van der Waals surface area contributed by atoms with Crippen molar-refractivity contribution in [3.05, 3.63) is 23.5 Å². The Bertz CT molecular complexity index is 298. The van der Waals surface area contributed by atoms with E-state index < -0.39 is 0 Å². The van der Waals surface area contributed by atoms with Gasteiger partial charge in [0.1, 0.15) is 0 Å². The molecule has 0 spiro atoms. The molecule has 2 unspecified atom stereocenters. The van der Waals surface area contributed by atoms with Crippen LogP contribution in [0.4, 0.5) is 0 Å². The van der Waals surface area contributed by atoms with Crippen molar-refractivity contribution in [2.24, 2.45) is 17.7 Å². The number of hydrogen-bond donors (Lipinski definition) is 4. The Labute approximate surface area is 96.1 Å². The Hall–Kier alpha value is -1.33. The fourth-order valence-corrected chi connectivity index (χ4v) is 1.90. The molecule has 2 atom stereocenters. The van der Waals surface area contributed by atoms with E-state index in [1.807, 2.05) is 13.1 Å². The average molecular weight is 224 g/mol. The summed E-state index contributed by atoms with van der Waals surface area (Å²) in [5.41, 5.74) is 4.60. The second kappa shape index (κ2) is 6.30. The van der Waals surface area contributed by atoms with Crippen LogP contribution >= 0.6 is 0 Å². The monoisotopic (exact) mass is 224 g/mol. The standard InChI is InChI=1S/C11H20N4O/c1-8(6-15-12)9-3-4-10(14-7-16)11(5-9)13-2/h3-4,7-9,13,15H,5-6,12H2,1-2H3,(H,14,16). The smallest absolute Gasteiger partial charge is 0.211 e. The number of rotatable bonds is 6. The van der Waals surface area contributed by atoms with E-state index in [9.17, 15) is 4.79 Å². The van der Waals surface area contributed by atoms with Crippen molar-refractivity contribution in [1.29, 1.82) is 0 Å². The maximum absolute atomic E-state index is 10.4. The summed E-state index contributed by atoms with van der Waals surface area (Å²) >= 11 is 0. The molecule has 5 nitrogen and oxygen atoms in total. The van der Waals surface area contributed by atoms with Crippen LogP contribution in [-0.4, -0.2) is 20.0 Å². The molecule has 0 aromatic carbocycles. The van der Waals surface area contributed by atoms with Crippen LogP contribution in [0.15, 0.2) is 23.5 Å². The van der Waals surface area contributed by atoms with Gasteiger partial charge >= 0.3 is 0 Å². The summed E-state index contributed by atoms with van der Waals surface area (Å²) < 4.78 is 0. The number of hydrazine groups is 1. The van der Waals surface area contributed by atoms with E-state index >= 15 is 0 Å². The molecule has 0 aromatic heterocycles. The van der Waals surface area contributed by atoms with E-state index in [1.54, 1.807) is 0 Å². The number of allylic oxidation sites excluding steroid dienone is 3. The van der Waals surface area contributed by atoms with Gasteiger partial charge < -0.3 is 10.6 Å². The van der Waals surface area contributed by atoms with Crippen molar-refractivity contribution in [2.45, 2.75) is 13.3 Å². The molecule has 1 amide bonds. The average Bonchev–Trinajstić information content (AvgIpc) is 2.30. The largest absolute Gasteiger partial charge is 0.390 e. The van der Waals surface area contributed by atoms with Gasteiger partial charge in [-0.05, 0) is 24.3 Å². The summed E-state index contributed by atoms with van der Waals surface area (Å²) in [5, 5.41) is 5.81. The van der Waals surface area contributed by atoms with Gasteiger partial charge in [-0.2, -0.15) is 0 Å². The molecule has 0 aromatic rings. The van der Waals surface area contributed by atoms with Crippen LogP contribution in [0.3, 0.4) is 0 Å². The zero-order valence-corrected chi connectivity index (χ0v) is 9.79. The van der Waals surface area contributed by atoms with E-state index in [-0.39, 0.29) is 0 Å². The maximum Gasteiger partial charge on any atom is 0.211 e.